The maximum absolute atomic E-state index is 12.1. The van der Waals surface area contributed by atoms with Crippen molar-refractivity contribution in [3.05, 3.63) is 68.6 Å². The Morgan fingerprint density at radius 3 is 2.50 bits per heavy atom. The summed E-state index contributed by atoms with van der Waals surface area (Å²) in [6.07, 6.45) is 2.17. The molecular weight excluding hydrogens is 274 g/mol. The highest BCUT2D eigenvalue weighted by Crippen LogP contribution is 2.20. The van der Waals surface area contributed by atoms with Crippen molar-refractivity contribution in [1.29, 1.82) is 0 Å². The highest BCUT2D eigenvalue weighted by atomic mass is 35.5. The largest absolute Gasteiger partial charge is 0.308 e. The number of nitrogens with zero attached hydrogens (tertiary/aromatic N) is 1. The van der Waals surface area contributed by atoms with Gasteiger partial charge >= 0.3 is 0 Å². The molecule has 0 N–H and O–H groups in total. The van der Waals surface area contributed by atoms with Crippen molar-refractivity contribution < 1.29 is 4.79 Å². The van der Waals surface area contributed by atoms with Crippen molar-refractivity contribution in [2.45, 2.75) is 25.8 Å². The van der Waals surface area contributed by atoms with Crippen LogP contribution in [0.4, 0.5) is 0 Å². The number of rotatable bonds is 2. The van der Waals surface area contributed by atoms with Crippen LogP contribution in [0.15, 0.2) is 41.2 Å². The number of halogens is 1. The Hall–Kier alpha value is -1.87. The van der Waals surface area contributed by atoms with Crippen LogP contribution in [-0.2, 0) is 13.0 Å². The molecule has 4 heteroatoms. The summed E-state index contributed by atoms with van der Waals surface area (Å²) < 4.78 is 1.70. The fourth-order valence-corrected chi connectivity index (χ4v) is 2.77. The summed E-state index contributed by atoms with van der Waals surface area (Å²) in [4.78, 5) is 24.0. The second kappa shape index (κ2) is 5.25. The number of pyridine rings is 1. The number of hydrogen-bond donors (Lipinski definition) is 0. The number of aromatic nitrogens is 1. The zero-order valence-corrected chi connectivity index (χ0v) is 11.7. The molecule has 1 aliphatic rings. The molecular formula is C16H14ClNO2. The maximum Gasteiger partial charge on any atom is 0.251 e. The molecule has 102 valence electrons. The van der Waals surface area contributed by atoms with Crippen LogP contribution in [0.2, 0.25) is 5.02 Å². The van der Waals surface area contributed by atoms with Crippen molar-refractivity contribution >= 4 is 17.4 Å². The van der Waals surface area contributed by atoms with Crippen molar-refractivity contribution in [3.63, 3.8) is 0 Å². The summed E-state index contributed by atoms with van der Waals surface area (Å²) in [5, 5.41) is 0.673. The third kappa shape index (κ3) is 2.41. The third-order valence-corrected chi connectivity index (χ3v) is 3.92. The molecule has 3 rings (SSSR count). The average Bonchev–Trinajstić information content (AvgIpc) is 2.44. The summed E-state index contributed by atoms with van der Waals surface area (Å²) in [5.41, 5.74) is 2.50. The van der Waals surface area contributed by atoms with Gasteiger partial charge in [0.1, 0.15) is 0 Å². The zero-order chi connectivity index (χ0) is 14.1. The first kappa shape index (κ1) is 13.1. The van der Waals surface area contributed by atoms with Crippen molar-refractivity contribution in [1.82, 2.24) is 4.57 Å². The molecule has 20 heavy (non-hydrogen) atoms. The first-order valence-electron chi connectivity index (χ1n) is 6.65. The second-order valence-corrected chi connectivity index (χ2v) is 5.46. The van der Waals surface area contributed by atoms with E-state index in [1.54, 1.807) is 10.6 Å². The lowest BCUT2D eigenvalue weighted by Gasteiger charge is -2.20. The van der Waals surface area contributed by atoms with Gasteiger partial charge in [-0.15, -0.1) is 0 Å². The first-order chi connectivity index (χ1) is 9.65. The number of hydrogen-bond acceptors (Lipinski definition) is 2. The summed E-state index contributed by atoms with van der Waals surface area (Å²) in [5.74, 6) is 0.135. The maximum atomic E-state index is 12.1. The van der Waals surface area contributed by atoms with Gasteiger partial charge in [-0.05, 0) is 36.6 Å². The summed E-state index contributed by atoms with van der Waals surface area (Å²) in [7, 11) is 0. The van der Waals surface area contributed by atoms with Crippen LogP contribution in [0.25, 0.3) is 0 Å². The average molecular weight is 288 g/mol. The third-order valence-electron chi connectivity index (χ3n) is 3.67. The van der Waals surface area contributed by atoms with Crippen LogP contribution in [0.3, 0.4) is 0 Å². The molecule has 3 nitrogen and oxygen atoms in total. The molecule has 0 unspecified atom stereocenters. The molecule has 0 bridgehead atoms. The zero-order valence-electron chi connectivity index (χ0n) is 10.9. The predicted octanol–water partition coefficient (Wildman–Crippen LogP) is 3.07. The summed E-state index contributed by atoms with van der Waals surface area (Å²) in [6, 6.07) is 10.6. The van der Waals surface area contributed by atoms with Gasteiger partial charge in [0.05, 0.1) is 6.54 Å². The topological polar surface area (TPSA) is 39.1 Å². The van der Waals surface area contributed by atoms with E-state index in [9.17, 15) is 9.59 Å². The Kier molecular flexibility index (Phi) is 3.45. The molecule has 1 aromatic carbocycles. The Labute approximate surface area is 121 Å². The van der Waals surface area contributed by atoms with Gasteiger partial charge < -0.3 is 4.57 Å². The lowest BCUT2D eigenvalue weighted by atomic mass is 9.94. The molecule has 1 aliphatic carbocycles. The lowest BCUT2D eigenvalue weighted by Crippen LogP contribution is -2.28. The van der Waals surface area contributed by atoms with E-state index in [-0.39, 0.29) is 11.3 Å². The Bertz CT molecular complexity index is 716. The van der Waals surface area contributed by atoms with Gasteiger partial charge in [-0.3, -0.25) is 9.59 Å². The molecule has 0 saturated heterocycles. The van der Waals surface area contributed by atoms with Crippen LogP contribution in [0.1, 0.15) is 34.5 Å². The fraction of sp³-hybridized carbons (Fsp3) is 0.250. The lowest BCUT2D eigenvalue weighted by molar-refractivity contribution is 0.0970. The van der Waals surface area contributed by atoms with Crippen LogP contribution in [0, 0.1) is 0 Å². The van der Waals surface area contributed by atoms with Crippen LogP contribution >= 0.6 is 11.6 Å². The molecule has 0 radical (unpaired) electrons. The molecule has 0 fully saturated rings. The molecule has 0 atom stereocenters. The fourth-order valence-electron chi connectivity index (χ4n) is 2.64. The van der Waals surface area contributed by atoms with Gasteiger partial charge in [0.25, 0.3) is 5.56 Å². The van der Waals surface area contributed by atoms with Gasteiger partial charge in [-0.1, -0.05) is 23.7 Å². The van der Waals surface area contributed by atoms with Crippen molar-refractivity contribution in [2.75, 3.05) is 0 Å². The summed E-state index contributed by atoms with van der Waals surface area (Å²) >= 11 is 5.87. The first-order valence-corrected chi connectivity index (χ1v) is 7.03. The molecule has 0 aliphatic heterocycles. The minimum absolute atomic E-state index is 0.0617. The van der Waals surface area contributed by atoms with Crippen molar-refractivity contribution in [2.24, 2.45) is 0 Å². The van der Waals surface area contributed by atoms with Crippen LogP contribution < -0.4 is 5.56 Å². The standard InChI is InChI=1S/C16H14ClNO2/c17-12-6-4-11(5-7-12)10-18-14-2-1-3-15(19)13(14)8-9-16(18)20/h4-9H,1-3,10H2. The number of fused-ring (bicyclic) bond motifs is 1. The second-order valence-electron chi connectivity index (χ2n) is 5.02. The van der Waals surface area contributed by atoms with E-state index in [4.69, 9.17) is 11.6 Å². The van der Waals surface area contributed by atoms with Crippen LogP contribution in [0.5, 0.6) is 0 Å². The van der Waals surface area contributed by atoms with E-state index >= 15 is 0 Å². The van der Waals surface area contributed by atoms with Gasteiger partial charge in [0, 0.05) is 28.8 Å². The summed E-state index contributed by atoms with van der Waals surface area (Å²) in [6.45, 7) is 0.479. The monoisotopic (exact) mass is 287 g/mol. The number of carbonyl (C=O) groups is 1. The van der Waals surface area contributed by atoms with E-state index in [0.29, 0.717) is 23.6 Å². The van der Waals surface area contributed by atoms with E-state index in [0.717, 1.165) is 24.1 Å². The molecule has 0 spiro atoms. The molecule has 0 amide bonds. The SMILES string of the molecule is O=C1CCCc2c1ccc(=O)n2Cc1ccc(Cl)cc1. The van der Waals surface area contributed by atoms with E-state index in [2.05, 4.69) is 0 Å². The van der Waals surface area contributed by atoms with Gasteiger partial charge in [-0.25, -0.2) is 0 Å². The highest BCUT2D eigenvalue weighted by Gasteiger charge is 2.20. The predicted molar refractivity (Wildman–Crippen MR) is 78.5 cm³/mol. The quantitative estimate of drug-likeness (QED) is 0.851. The van der Waals surface area contributed by atoms with Gasteiger partial charge in [0.15, 0.2) is 5.78 Å². The smallest absolute Gasteiger partial charge is 0.251 e. The van der Waals surface area contributed by atoms with Crippen molar-refractivity contribution in [3.8, 4) is 0 Å². The number of Topliss-reactive ketones (excluding diaryl/α,β-unsaturated/α-hetero) is 1. The van der Waals surface area contributed by atoms with E-state index in [1.165, 1.54) is 6.07 Å². The number of ketones is 1. The van der Waals surface area contributed by atoms with Gasteiger partial charge in [-0.2, -0.15) is 0 Å². The molecule has 0 saturated carbocycles. The number of benzene rings is 1. The molecule has 1 heterocycles. The molecule has 2 aromatic rings. The normalized spacial score (nSPS) is 14.2. The Morgan fingerprint density at radius 2 is 1.75 bits per heavy atom. The number of carbonyl (C=O) groups excluding carboxylic acids is 1. The molecule has 1 aromatic heterocycles. The minimum atomic E-state index is -0.0617. The Morgan fingerprint density at radius 1 is 1.00 bits per heavy atom. The van der Waals surface area contributed by atoms with E-state index < -0.39 is 0 Å². The van der Waals surface area contributed by atoms with Crippen LogP contribution in [-0.4, -0.2) is 10.4 Å². The highest BCUT2D eigenvalue weighted by molar-refractivity contribution is 6.30. The Balaban J connectivity index is 2.05. The van der Waals surface area contributed by atoms with E-state index in [1.807, 2.05) is 24.3 Å². The minimum Gasteiger partial charge on any atom is -0.308 e. The van der Waals surface area contributed by atoms with Gasteiger partial charge in [0.2, 0.25) is 0 Å².